The smallest absolute Gasteiger partial charge is 0.313 e. The molecule has 0 aromatic heterocycles. The van der Waals surface area contributed by atoms with Gasteiger partial charge in [-0.3, -0.25) is 9.69 Å². The predicted octanol–water partition coefficient (Wildman–Crippen LogP) is 1.92. The molecule has 0 aliphatic carbocycles. The van der Waals surface area contributed by atoms with E-state index in [0.29, 0.717) is 25.3 Å². The fraction of sp³-hybridized carbons (Fsp3) is 0.588. The highest BCUT2D eigenvalue weighted by atomic mass is 16.4. The van der Waals surface area contributed by atoms with Crippen LogP contribution in [-0.2, 0) is 11.2 Å². The van der Waals surface area contributed by atoms with Gasteiger partial charge in [0, 0.05) is 12.1 Å². The summed E-state index contributed by atoms with van der Waals surface area (Å²) >= 11 is 0. The second-order valence-electron chi connectivity index (χ2n) is 6.50. The molecule has 2 aliphatic rings. The molecule has 4 nitrogen and oxygen atoms in total. The van der Waals surface area contributed by atoms with Crippen LogP contribution >= 0.6 is 0 Å². The van der Waals surface area contributed by atoms with E-state index in [4.69, 9.17) is 0 Å². The Kier molecular flexibility index (Phi) is 3.76. The lowest BCUT2D eigenvalue weighted by Gasteiger charge is -2.48. The Bertz CT molecular complexity index is 518. The summed E-state index contributed by atoms with van der Waals surface area (Å²) in [6.07, 6.45) is 2.90. The molecule has 2 aliphatic heterocycles. The largest absolute Gasteiger partial charge is 0.481 e. The SMILES string of the molecule is CN1[C@H]2CC[C@@H]1[C@@](CCc1ccccc1)(C(=O)O)[C@@H](O)C2. The minimum absolute atomic E-state index is 0.0486. The van der Waals surface area contributed by atoms with Gasteiger partial charge >= 0.3 is 5.97 Å². The number of fused-ring (bicyclic) bond motifs is 2. The summed E-state index contributed by atoms with van der Waals surface area (Å²) in [4.78, 5) is 14.2. The van der Waals surface area contributed by atoms with Crippen LogP contribution in [0.3, 0.4) is 0 Å². The van der Waals surface area contributed by atoms with E-state index in [1.807, 2.05) is 37.4 Å². The van der Waals surface area contributed by atoms with Crippen LogP contribution in [0.25, 0.3) is 0 Å². The number of hydrogen-bond donors (Lipinski definition) is 2. The normalized spacial score (nSPS) is 35.8. The van der Waals surface area contributed by atoms with E-state index in [2.05, 4.69) is 4.90 Å². The van der Waals surface area contributed by atoms with Gasteiger partial charge < -0.3 is 10.2 Å². The quantitative estimate of drug-likeness (QED) is 0.889. The van der Waals surface area contributed by atoms with Crippen LogP contribution in [0, 0.1) is 5.41 Å². The molecule has 0 unspecified atom stereocenters. The Morgan fingerprint density at radius 2 is 2.05 bits per heavy atom. The maximum atomic E-state index is 12.1. The number of carboxylic acid groups (broad SMARTS) is 1. The third-order valence-electron chi connectivity index (χ3n) is 5.59. The molecule has 2 bridgehead atoms. The van der Waals surface area contributed by atoms with E-state index in [1.165, 1.54) is 0 Å². The van der Waals surface area contributed by atoms with Crippen molar-refractivity contribution in [2.24, 2.45) is 5.41 Å². The van der Waals surface area contributed by atoms with Gasteiger partial charge in [0.05, 0.1) is 6.10 Å². The summed E-state index contributed by atoms with van der Waals surface area (Å²) in [6.45, 7) is 0. The van der Waals surface area contributed by atoms with Crippen molar-refractivity contribution in [1.82, 2.24) is 4.90 Å². The van der Waals surface area contributed by atoms with Gasteiger partial charge in [-0.2, -0.15) is 0 Å². The van der Waals surface area contributed by atoms with Gasteiger partial charge in [0.1, 0.15) is 5.41 Å². The average molecular weight is 289 g/mol. The van der Waals surface area contributed by atoms with Gasteiger partial charge in [0.15, 0.2) is 0 Å². The number of aryl methyl sites for hydroxylation is 1. The standard InChI is InChI=1S/C17H23NO3/c1-18-13-7-8-14(18)17(16(20)21,15(19)11-13)10-9-12-5-3-2-4-6-12/h2-6,13-15,19H,7-11H2,1H3,(H,20,21)/t13-,14+,15-,17+/m0/s1. The number of carboxylic acids is 1. The first-order chi connectivity index (χ1) is 10.1. The molecule has 21 heavy (non-hydrogen) atoms. The Balaban J connectivity index is 1.86. The molecule has 114 valence electrons. The number of aliphatic hydroxyl groups excluding tert-OH is 1. The van der Waals surface area contributed by atoms with Crippen LogP contribution < -0.4 is 0 Å². The molecule has 1 aromatic carbocycles. The number of benzene rings is 1. The molecule has 1 aromatic rings. The van der Waals surface area contributed by atoms with E-state index in [-0.39, 0.29) is 6.04 Å². The van der Waals surface area contributed by atoms with Crippen molar-refractivity contribution >= 4 is 5.97 Å². The second kappa shape index (κ2) is 5.43. The Morgan fingerprint density at radius 3 is 2.71 bits per heavy atom. The maximum Gasteiger partial charge on any atom is 0.313 e. The van der Waals surface area contributed by atoms with E-state index in [9.17, 15) is 15.0 Å². The minimum Gasteiger partial charge on any atom is -0.481 e. The zero-order chi connectivity index (χ0) is 15.0. The molecule has 2 heterocycles. The van der Waals surface area contributed by atoms with Crippen LogP contribution in [0.4, 0.5) is 0 Å². The summed E-state index contributed by atoms with van der Waals surface area (Å²) in [5.74, 6) is -0.844. The zero-order valence-electron chi connectivity index (χ0n) is 12.4. The third-order valence-corrected chi connectivity index (χ3v) is 5.59. The highest BCUT2D eigenvalue weighted by molar-refractivity contribution is 5.77. The first-order valence-electron chi connectivity index (χ1n) is 7.73. The molecule has 4 atom stereocenters. The summed E-state index contributed by atoms with van der Waals surface area (Å²) in [5.41, 5.74) is 0.102. The molecule has 4 heteroatoms. The number of piperidine rings is 1. The lowest BCUT2D eigenvalue weighted by atomic mass is 9.68. The van der Waals surface area contributed by atoms with Crippen molar-refractivity contribution in [3.05, 3.63) is 35.9 Å². The number of rotatable bonds is 4. The molecule has 2 saturated heterocycles. The van der Waals surface area contributed by atoms with Crippen LogP contribution in [0.1, 0.15) is 31.2 Å². The van der Waals surface area contributed by atoms with Gasteiger partial charge in [-0.05, 0) is 44.7 Å². The number of carbonyl (C=O) groups is 1. The number of nitrogens with zero attached hydrogens (tertiary/aromatic N) is 1. The van der Waals surface area contributed by atoms with Crippen molar-refractivity contribution in [3.8, 4) is 0 Å². The molecule has 0 spiro atoms. The summed E-state index contributed by atoms with van der Waals surface area (Å²) in [5, 5.41) is 20.4. The Hall–Kier alpha value is -1.39. The summed E-state index contributed by atoms with van der Waals surface area (Å²) in [7, 11) is 2.01. The molecule has 2 fully saturated rings. The number of aliphatic carboxylic acids is 1. The van der Waals surface area contributed by atoms with Gasteiger partial charge in [0.25, 0.3) is 0 Å². The van der Waals surface area contributed by atoms with Gasteiger partial charge in [0.2, 0.25) is 0 Å². The first-order valence-corrected chi connectivity index (χ1v) is 7.73. The second-order valence-corrected chi connectivity index (χ2v) is 6.50. The fourth-order valence-electron chi connectivity index (χ4n) is 4.33. The predicted molar refractivity (Wildman–Crippen MR) is 80.0 cm³/mol. The molecule has 0 saturated carbocycles. The summed E-state index contributed by atoms with van der Waals surface area (Å²) < 4.78 is 0. The van der Waals surface area contributed by atoms with E-state index in [1.54, 1.807) is 0 Å². The minimum atomic E-state index is -1.03. The first kappa shape index (κ1) is 14.5. The van der Waals surface area contributed by atoms with Crippen LogP contribution in [0.2, 0.25) is 0 Å². The van der Waals surface area contributed by atoms with Crippen molar-refractivity contribution in [1.29, 1.82) is 0 Å². The highest BCUT2D eigenvalue weighted by Crippen LogP contribution is 2.48. The van der Waals surface area contributed by atoms with E-state index >= 15 is 0 Å². The van der Waals surface area contributed by atoms with Gasteiger partial charge in [-0.1, -0.05) is 30.3 Å². The molecular formula is C17H23NO3. The monoisotopic (exact) mass is 289 g/mol. The maximum absolute atomic E-state index is 12.1. The lowest BCUT2D eigenvalue weighted by Crippen LogP contribution is -2.61. The molecule has 2 N–H and O–H groups in total. The zero-order valence-corrected chi connectivity index (χ0v) is 12.4. The molecule has 0 radical (unpaired) electrons. The molecular weight excluding hydrogens is 266 g/mol. The lowest BCUT2D eigenvalue weighted by molar-refractivity contribution is -0.171. The van der Waals surface area contributed by atoms with Crippen molar-refractivity contribution < 1.29 is 15.0 Å². The summed E-state index contributed by atoms with van der Waals surface area (Å²) in [6, 6.07) is 10.2. The Morgan fingerprint density at radius 1 is 1.33 bits per heavy atom. The number of hydrogen-bond acceptors (Lipinski definition) is 3. The van der Waals surface area contributed by atoms with Crippen molar-refractivity contribution in [3.63, 3.8) is 0 Å². The average Bonchev–Trinajstić information content (AvgIpc) is 2.74. The van der Waals surface area contributed by atoms with Gasteiger partial charge in [-0.25, -0.2) is 0 Å². The van der Waals surface area contributed by atoms with Crippen LogP contribution in [0.15, 0.2) is 30.3 Å². The van der Waals surface area contributed by atoms with Crippen molar-refractivity contribution in [2.75, 3.05) is 7.05 Å². The van der Waals surface area contributed by atoms with E-state index in [0.717, 1.165) is 18.4 Å². The molecule has 0 amide bonds. The Labute approximate surface area is 125 Å². The molecule has 3 rings (SSSR count). The third kappa shape index (κ3) is 2.27. The van der Waals surface area contributed by atoms with Gasteiger partial charge in [-0.15, -0.1) is 0 Å². The van der Waals surface area contributed by atoms with Crippen LogP contribution in [0.5, 0.6) is 0 Å². The highest BCUT2D eigenvalue weighted by Gasteiger charge is 2.59. The van der Waals surface area contributed by atoms with E-state index < -0.39 is 17.5 Å². The van der Waals surface area contributed by atoms with Crippen molar-refractivity contribution in [2.45, 2.75) is 50.3 Å². The van der Waals surface area contributed by atoms with Crippen LogP contribution in [-0.4, -0.2) is 46.3 Å². The number of aliphatic hydroxyl groups is 1. The topological polar surface area (TPSA) is 60.8 Å². The fourth-order valence-corrected chi connectivity index (χ4v) is 4.33.